The van der Waals surface area contributed by atoms with E-state index in [-0.39, 0.29) is 18.0 Å². The van der Waals surface area contributed by atoms with E-state index in [1.807, 2.05) is 19.1 Å². The van der Waals surface area contributed by atoms with Crippen LogP contribution in [0.5, 0.6) is 5.75 Å². The van der Waals surface area contributed by atoms with Crippen LogP contribution in [0.4, 0.5) is 4.79 Å². The number of aryl methyl sites for hydroxylation is 1. The lowest BCUT2D eigenvalue weighted by Crippen LogP contribution is -2.56. The second-order valence-electron chi connectivity index (χ2n) is 8.99. The van der Waals surface area contributed by atoms with Crippen LogP contribution in [-0.4, -0.2) is 112 Å². The first-order valence-electron chi connectivity index (χ1n) is 11.9. The number of hydrogen-bond acceptors (Lipinski definition) is 6. The van der Waals surface area contributed by atoms with Gasteiger partial charge in [0, 0.05) is 69.9 Å². The van der Waals surface area contributed by atoms with Gasteiger partial charge in [-0.25, -0.2) is 4.79 Å². The molecule has 0 saturated carbocycles. The number of hydrogen-bond donors (Lipinski definition) is 1. The first kappa shape index (κ1) is 23.8. The molecule has 9 nitrogen and oxygen atoms in total. The highest BCUT2D eigenvalue weighted by Gasteiger charge is 2.32. The summed E-state index contributed by atoms with van der Waals surface area (Å²) in [4.78, 5) is 31.8. The number of morpholine rings is 1. The number of urea groups is 1. The third-order valence-electron chi connectivity index (χ3n) is 7.00. The first-order valence-corrected chi connectivity index (χ1v) is 11.9. The topological polar surface area (TPSA) is 83.6 Å². The fourth-order valence-electron chi connectivity index (χ4n) is 4.91. The van der Waals surface area contributed by atoms with E-state index in [1.165, 1.54) is 0 Å². The van der Waals surface area contributed by atoms with E-state index in [0.717, 1.165) is 51.5 Å². The molecule has 3 amide bonds. The van der Waals surface area contributed by atoms with Crippen molar-refractivity contribution in [1.82, 2.24) is 20.0 Å². The normalized spacial score (nSPS) is 22.8. The van der Waals surface area contributed by atoms with Gasteiger partial charge in [0.25, 0.3) is 5.91 Å². The van der Waals surface area contributed by atoms with Gasteiger partial charge in [0.05, 0.1) is 26.9 Å². The van der Waals surface area contributed by atoms with Gasteiger partial charge in [-0.15, -0.1) is 0 Å². The zero-order valence-electron chi connectivity index (χ0n) is 19.8. The van der Waals surface area contributed by atoms with Crippen LogP contribution in [0.1, 0.15) is 22.3 Å². The molecule has 0 aromatic heterocycles. The van der Waals surface area contributed by atoms with Crippen molar-refractivity contribution in [1.29, 1.82) is 0 Å². The Hall–Kier alpha value is -2.36. The summed E-state index contributed by atoms with van der Waals surface area (Å²) >= 11 is 0. The van der Waals surface area contributed by atoms with E-state index >= 15 is 0 Å². The number of carbonyl (C=O) groups is 2. The Morgan fingerprint density at radius 2 is 1.79 bits per heavy atom. The lowest BCUT2D eigenvalue weighted by molar-refractivity contribution is 0.00175. The van der Waals surface area contributed by atoms with E-state index in [4.69, 9.17) is 14.2 Å². The summed E-state index contributed by atoms with van der Waals surface area (Å²) in [6.45, 7) is 9.45. The molecule has 182 valence electrons. The van der Waals surface area contributed by atoms with Gasteiger partial charge in [0.15, 0.2) is 0 Å². The SMILES string of the molecule is COc1cc(C(=O)N2CCN(C(=O)NCC(C3CCOC3)N3CCOCC3)CC2)ccc1C. The number of amides is 3. The largest absolute Gasteiger partial charge is 0.496 e. The zero-order chi connectivity index (χ0) is 23.2. The molecule has 9 heteroatoms. The highest BCUT2D eigenvalue weighted by Crippen LogP contribution is 2.22. The molecule has 33 heavy (non-hydrogen) atoms. The maximum atomic E-state index is 12.9. The third kappa shape index (κ3) is 5.77. The van der Waals surface area contributed by atoms with Crippen LogP contribution in [0, 0.1) is 12.8 Å². The summed E-state index contributed by atoms with van der Waals surface area (Å²) in [5, 5.41) is 3.15. The molecule has 0 radical (unpaired) electrons. The lowest BCUT2D eigenvalue weighted by atomic mass is 9.97. The summed E-state index contributed by atoms with van der Waals surface area (Å²) < 4.78 is 16.5. The van der Waals surface area contributed by atoms with Crippen molar-refractivity contribution in [2.45, 2.75) is 19.4 Å². The van der Waals surface area contributed by atoms with Gasteiger partial charge in [-0.1, -0.05) is 6.07 Å². The van der Waals surface area contributed by atoms with Gasteiger partial charge in [-0.05, 0) is 31.0 Å². The van der Waals surface area contributed by atoms with Crippen molar-refractivity contribution in [3.63, 3.8) is 0 Å². The number of carbonyl (C=O) groups excluding carboxylic acids is 2. The van der Waals surface area contributed by atoms with Gasteiger partial charge in [0.2, 0.25) is 0 Å². The lowest BCUT2D eigenvalue weighted by Gasteiger charge is -2.38. The zero-order valence-corrected chi connectivity index (χ0v) is 19.8. The summed E-state index contributed by atoms with van der Waals surface area (Å²) in [5.41, 5.74) is 1.61. The van der Waals surface area contributed by atoms with Crippen molar-refractivity contribution in [3.8, 4) is 5.75 Å². The molecule has 0 aliphatic carbocycles. The Morgan fingerprint density at radius 1 is 1.06 bits per heavy atom. The van der Waals surface area contributed by atoms with Gasteiger partial charge >= 0.3 is 6.03 Å². The summed E-state index contributed by atoms with van der Waals surface area (Å²) in [6.07, 6.45) is 1.03. The Morgan fingerprint density at radius 3 is 2.45 bits per heavy atom. The molecular formula is C24H36N4O5. The van der Waals surface area contributed by atoms with E-state index in [9.17, 15) is 9.59 Å². The molecular weight excluding hydrogens is 424 g/mol. The Balaban J connectivity index is 1.28. The summed E-state index contributed by atoms with van der Waals surface area (Å²) in [7, 11) is 1.61. The van der Waals surface area contributed by atoms with Crippen molar-refractivity contribution < 1.29 is 23.8 Å². The second kappa shape index (κ2) is 11.2. The number of rotatable bonds is 6. The predicted octanol–water partition coefficient (Wildman–Crippen LogP) is 1.21. The predicted molar refractivity (Wildman–Crippen MR) is 124 cm³/mol. The molecule has 0 bridgehead atoms. The average Bonchev–Trinajstić information content (AvgIpc) is 3.39. The van der Waals surface area contributed by atoms with Gasteiger partial charge in [-0.2, -0.15) is 0 Å². The van der Waals surface area contributed by atoms with E-state index in [1.54, 1.807) is 23.0 Å². The number of nitrogens with zero attached hydrogens (tertiary/aromatic N) is 3. The van der Waals surface area contributed by atoms with Crippen LogP contribution in [0.25, 0.3) is 0 Å². The molecule has 2 atom stereocenters. The Kier molecular flexibility index (Phi) is 8.06. The molecule has 3 fully saturated rings. The van der Waals surface area contributed by atoms with Crippen LogP contribution in [0.3, 0.4) is 0 Å². The quantitative estimate of drug-likeness (QED) is 0.687. The molecule has 3 aliphatic rings. The monoisotopic (exact) mass is 460 g/mol. The van der Waals surface area contributed by atoms with Gasteiger partial charge in [0.1, 0.15) is 5.75 Å². The fraction of sp³-hybridized carbons (Fsp3) is 0.667. The summed E-state index contributed by atoms with van der Waals surface area (Å²) in [6, 6.07) is 5.72. The fourth-order valence-corrected chi connectivity index (χ4v) is 4.91. The van der Waals surface area contributed by atoms with Crippen LogP contribution < -0.4 is 10.1 Å². The average molecular weight is 461 g/mol. The second-order valence-corrected chi connectivity index (χ2v) is 8.99. The number of nitrogens with one attached hydrogen (secondary N) is 1. The molecule has 2 unspecified atom stereocenters. The maximum Gasteiger partial charge on any atom is 0.317 e. The van der Waals surface area contributed by atoms with Crippen molar-refractivity contribution in [2.75, 3.05) is 79.4 Å². The smallest absolute Gasteiger partial charge is 0.317 e. The Labute approximate surface area is 195 Å². The first-order chi connectivity index (χ1) is 16.1. The number of benzene rings is 1. The van der Waals surface area contributed by atoms with Crippen molar-refractivity contribution in [3.05, 3.63) is 29.3 Å². The molecule has 3 saturated heterocycles. The van der Waals surface area contributed by atoms with Crippen LogP contribution in [-0.2, 0) is 9.47 Å². The van der Waals surface area contributed by atoms with E-state index in [0.29, 0.717) is 50.0 Å². The van der Waals surface area contributed by atoms with Crippen LogP contribution >= 0.6 is 0 Å². The van der Waals surface area contributed by atoms with Crippen molar-refractivity contribution >= 4 is 11.9 Å². The number of piperazine rings is 1. The molecule has 3 heterocycles. The highest BCUT2D eigenvalue weighted by atomic mass is 16.5. The highest BCUT2D eigenvalue weighted by molar-refractivity contribution is 5.95. The number of ether oxygens (including phenoxy) is 3. The van der Waals surface area contributed by atoms with E-state index in [2.05, 4.69) is 10.2 Å². The van der Waals surface area contributed by atoms with Crippen LogP contribution in [0.2, 0.25) is 0 Å². The maximum absolute atomic E-state index is 12.9. The van der Waals surface area contributed by atoms with Crippen LogP contribution in [0.15, 0.2) is 18.2 Å². The molecule has 4 rings (SSSR count). The number of methoxy groups -OCH3 is 1. The summed E-state index contributed by atoms with van der Waals surface area (Å²) in [5.74, 6) is 1.12. The standard InChI is InChI=1S/C24H36N4O5/c1-18-3-4-19(15-22(18)31-2)23(29)27-6-8-28(9-7-27)24(30)25-16-21(20-5-12-33-17-20)26-10-13-32-14-11-26/h3-4,15,20-21H,5-14,16-17H2,1-2H3,(H,25,30). The van der Waals surface area contributed by atoms with Crippen molar-refractivity contribution in [2.24, 2.45) is 5.92 Å². The van der Waals surface area contributed by atoms with Gasteiger partial charge < -0.3 is 29.3 Å². The Bertz CT molecular complexity index is 815. The minimum Gasteiger partial charge on any atom is -0.496 e. The molecule has 1 aromatic carbocycles. The molecule has 1 aromatic rings. The molecule has 3 aliphatic heterocycles. The minimum atomic E-state index is -0.0590. The third-order valence-corrected chi connectivity index (χ3v) is 7.00. The molecule has 1 N–H and O–H groups in total. The van der Waals surface area contributed by atoms with E-state index < -0.39 is 0 Å². The minimum absolute atomic E-state index is 0.0260. The molecule has 0 spiro atoms. The van der Waals surface area contributed by atoms with Gasteiger partial charge in [-0.3, -0.25) is 9.69 Å².